The molecule has 2 N–H and O–H groups in total. The van der Waals surface area contributed by atoms with Crippen molar-refractivity contribution in [3.63, 3.8) is 0 Å². The Bertz CT molecular complexity index is 870. The molecule has 0 radical (unpaired) electrons. The number of likely N-dealkylation sites (N-methyl/N-ethyl adjacent to an activating group) is 1. The number of hydrogen-bond acceptors (Lipinski definition) is 5. The lowest BCUT2D eigenvalue weighted by atomic mass is 9.95. The number of nitrogens with zero attached hydrogens (tertiary/aromatic N) is 1. The van der Waals surface area contributed by atoms with Crippen molar-refractivity contribution < 1.29 is 28.7 Å². The van der Waals surface area contributed by atoms with Crippen molar-refractivity contribution in [1.82, 2.24) is 4.90 Å². The Morgan fingerprint density at radius 1 is 1.30 bits per heavy atom. The lowest BCUT2D eigenvalue weighted by Crippen LogP contribution is -3.06. The number of Topliss-reactive ketones (excluding diaryl/α,β-unsaturated/α-hetero) is 1. The number of benzene rings is 1. The van der Waals surface area contributed by atoms with Crippen molar-refractivity contribution in [2.75, 3.05) is 34.3 Å². The highest BCUT2D eigenvalue weighted by Gasteiger charge is 2.44. The number of rotatable bonds is 7. The van der Waals surface area contributed by atoms with Crippen LogP contribution in [0.1, 0.15) is 22.2 Å². The molecule has 27 heavy (non-hydrogen) atoms. The van der Waals surface area contributed by atoms with E-state index in [1.807, 2.05) is 20.2 Å². The van der Waals surface area contributed by atoms with Gasteiger partial charge in [-0.3, -0.25) is 9.59 Å². The summed E-state index contributed by atoms with van der Waals surface area (Å²) in [5.74, 6) is -0.901. The minimum Gasteiger partial charge on any atom is -0.503 e. The van der Waals surface area contributed by atoms with Gasteiger partial charge >= 0.3 is 0 Å². The van der Waals surface area contributed by atoms with E-state index in [0.29, 0.717) is 24.4 Å². The van der Waals surface area contributed by atoms with Crippen molar-refractivity contribution in [3.8, 4) is 5.75 Å². The summed E-state index contributed by atoms with van der Waals surface area (Å²) in [7, 11) is 5.50. The summed E-state index contributed by atoms with van der Waals surface area (Å²) in [6, 6.07) is 9.55. The molecule has 0 unspecified atom stereocenters. The number of carbonyl (C=O) groups is 2. The molecule has 3 rings (SSSR count). The predicted octanol–water partition coefficient (Wildman–Crippen LogP) is 1.01. The molecule has 1 aromatic heterocycles. The van der Waals surface area contributed by atoms with E-state index in [1.165, 1.54) is 17.2 Å². The topological polar surface area (TPSA) is 84.4 Å². The number of aliphatic hydroxyl groups excluding tert-OH is 1. The van der Waals surface area contributed by atoms with Gasteiger partial charge in [-0.05, 0) is 29.8 Å². The van der Waals surface area contributed by atoms with Gasteiger partial charge in [-0.1, -0.05) is 12.1 Å². The van der Waals surface area contributed by atoms with Crippen LogP contribution >= 0.6 is 0 Å². The van der Waals surface area contributed by atoms with Crippen molar-refractivity contribution in [2.24, 2.45) is 0 Å². The molecule has 0 saturated carbocycles. The third kappa shape index (κ3) is 3.59. The molecule has 1 amide bonds. The van der Waals surface area contributed by atoms with Gasteiger partial charge in [-0.15, -0.1) is 0 Å². The molecule has 2 aromatic rings. The molecule has 7 heteroatoms. The largest absolute Gasteiger partial charge is 0.503 e. The van der Waals surface area contributed by atoms with Gasteiger partial charge in [-0.25, -0.2) is 0 Å². The van der Waals surface area contributed by atoms with Crippen LogP contribution < -0.4 is 9.64 Å². The summed E-state index contributed by atoms with van der Waals surface area (Å²) in [6.45, 7) is 1.06. The maximum absolute atomic E-state index is 13.0. The molecule has 0 bridgehead atoms. The number of methoxy groups -OCH3 is 1. The summed E-state index contributed by atoms with van der Waals surface area (Å²) in [6.07, 6.45) is 1.38. The van der Waals surface area contributed by atoms with E-state index in [-0.39, 0.29) is 11.3 Å². The Kier molecular flexibility index (Phi) is 5.32. The Balaban J connectivity index is 2.07. The summed E-state index contributed by atoms with van der Waals surface area (Å²) < 4.78 is 10.5. The SMILES string of the molecule is COc1cccc([C@@H]2C(C(=O)c3ccco3)=C(O)C(=O)N2CC[NH+](C)C)c1. The molecular formula is C20H23N2O5+. The number of ketones is 1. The highest BCUT2D eigenvalue weighted by molar-refractivity contribution is 6.15. The van der Waals surface area contributed by atoms with Gasteiger partial charge in [0.1, 0.15) is 5.75 Å². The molecule has 0 spiro atoms. The standard InChI is InChI=1S/C20H22N2O5/c1-21(2)9-10-22-17(13-6-4-7-14(12-13)26-3)16(19(24)20(22)25)18(23)15-8-5-11-27-15/h4-8,11-12,17,24H,9-10H2,1-3H3/p+1/t17-/m1/s1. The zero-order valence-corrected chi connectivity index (χ0v) is 15.6. The Hall–Kier alpha value is -3.06. The van der Waals surface area contributed by atoms with E-state index in [0.717, 1.165) is 4.90 Å². The number of furan rings is 1. The van der Waals surface area contributed by atoms with Gasteiger partial charge in [-0.2, -0.15) is 0 Å². The van der Waals surface area contributed by atoms with Crippen LogP contribution in [0.3, 0.4) is 0 Å². The Labute approximate surface area is 157 Å². The fourth-order valence-electron chi connectivity index (χ4n) is 3.16. The van der Waals surface area contributed by atoms with Gasteiger partial charge < -0.3 is 24.1 Å². The molecule has 0 aliphatic carbocycles. The number of amides is 1. The molecule has 0 saturated heterocycles. The van der Waals surface area contributed by atoms with E-state index >= 15 is 0 Å². The fourth-order valence-corrected chi connectivity index (χ4v) is 3.16. The van der Waals surface area contributed by atoms with E-state index in [2.05, 4.69) is 0 Å². The third-order valence-corrected chi connectivity index (χ3v) is 4.56. The van der Waals surface area contributed by atoms with Gasteiger partial charge in [0.25, 0.3) is 5.91 Å². The van der Waals surface area contributed by atoms with Crippen LogP contribution in [0.4, 0.5) is 0 Å². The molecule has 1 aliphatic heterocycles. The summed E-state index contributed by atoms with van der Waals surface area (Å²) in [5, 5.41) is 10.5. The smallest absolute Gasteiger partial charge is 0.290 e. The first-order valence-corrected chi connectivity index (χ1v) is 8.69. The highest BCUT2D eigenvalue weighted by atomic mass is 16.5. The zero-order chi connectivity index (χ0) is 19.6. The van der Waals surface area contributed by atoms with Crippen LogP contribution in [-0.2, 0) is 4.79 Å². The average molecular weight is 371 g/mol. The van der Waals surface area contributed by atoms with E-state index in [9.17, 15) is 14.7 Å². The lowest BCUT2D eigenvalue weighted by molar-refractivity contribution is -0.857. The summed E-state index contributed by atoms with van der Waals surface area (Å²) >= 11 is 0. The highest BCUT2D eigenvalue weighted by Crippen LogP contribution is 2.39. The van der Waals surface area contributed by atoms with Crippen molar-refractivity contribution in [2.45, 2.75) is 6.04 Å². The van der Waals surface area contributed by atoms with E-state index in [4.69, 9.17) is 9.15 Å². The molecule has 1 aliphatic rings. The number of quaternary nitrogens is 1. The second kappa shape index (κ2) is 7.67. The van der Waals surface area contributed by atoms with Crippen LogP contribution in [0.25, 0.3) is 0 Å². The molecular weight excluding hydrogens is 348 g/mol. The predicted molar refractivity (Wildman–Crippen MR) is 97.8 cm³/mol. The summed E-state index contributed by atoms with van der Waals surface area (Å²) in [5.41, 5.74) is 0.715. The average Bonchev–Trinajstić information content (AvgIpc) is 3.28. The van der Waals surface area contributed by atoms with Crippen molar-refractivity contribution >= 4 is 11.7 Å². The molecule has 1 aromatic carbocycles. The van der Waals surface area contributed by atoms with Gasteiger partial charge in [0.15, 0.2) is 11.5 Å². The first-order valence-electron chi connectivity index (χ1n) is 8.69. The van der Waals surface area contributed by atoms with Crippen LogP contribution in [0, 0.1) is 0 Å². The fraction of sp³-hybridized carbons (Fsp3) is 0.300. The second-order valence-corrected chi connectivity index (χ2v) is 6.70. The minimum atomic E-state index is -0.704. The van der Waals surface area contributed by atoms with E-state index < -0.39 is 23.5 Å². The quantitative estimate of drug-likeness (QED) is 0.710. The first kappa shape index (κ1) is 18.7. The number of carbonyl (C=O) groups excluding carboxylic acids is 2. The molecule has 7 nitrogen and oxygen atoms in total. The monoisotopic (exact) mass is 371 g/mol. The third-order valence-electron chi connectivity index (χ3n) is 4.56. The maximum atomic E-state index is 13.0. The first-order chi connectivity index (χ1) is 12.9. The Morgan fingerprint density at radius 3 is 2.70 bits per heavy atom. The molecule has 0 fully saturated rings. The number of nitrogens with one attached hydrogen (secondary N) is 1. The lowest BCUT2D eigenvalue weighted by Gasteiger charge is -2.27. The second-order valence-electron chi connectivity index (χ2n) is 6.70. The van der Waals surface area contributed by atoms with Gasteiger partial charge in [0.05, 0.1) is 52.2 Å². The van der Waals surface area contributed by atoms with Gasteiger partial charge in [0.2, 0.25) is 5.78 Å². The Morgan fingerprint density at radius 2 is 2.07 bits per heavy atom. The number of aliphatic hydroxyl groups is 1. The summed E-state index contributed by atoms with van der Waals surface area (Å²) in [4.78, 5) is 28.4. The number of ether oxygens (including phenoxy) is 1. The van der Waals surface area contributed by atoms with Crippen LogP contribution in [0.2, 0.25) is 0 Å². The zero-order valence-electron chi connectivity index (χ0n) is 15.6. The number of hydrogen-bond donors (Lipinski definition) is 2. The van der Waals surface area contributed by atoms with Gasteiger partial charge in [0, 0.05) is 0 Å². The van der Waals surface area contributed by atoms with E-state index in [1.54, 1.807) is 31.4 Å². The minimum absolute atomic E-state index is 0.0250. The van der Waals surface area contributed by atoms with Crippen LogP contribution in [0.5, 0.6) is 5.75 Å². The molecule has 142 valence electrons. The van der Waals surface area contributed by atoms with Crippen LogP contribution in [-0.4, -0.2) is 56.0 Å². The van der Waals surface area contributed by atoms with Crippen molar-refractivity contribution in [3.05, 3.63) is 65.3 Å². The van der Waals surface area contributed by atoms with Crippen molar-refractivity contribution in [1.29, 1.82) is 0 Å². The molecule has 1 atom stereocenters. The maximum Gasteiger partial charge on any atom is 0.290 e. The van der Waals surface area contributed by atoms with Crippen LogP contribution in [0.15, 0.2) is 58.4 Å². The normalized spacial score (nSPS) is 17.1. The molecule has 2 heterocycles.